The second-order valence-electron chi connectivity index (χ2n) is 2.11. The van der Waals surface area contributed by atoms with E-state index in [0.717, 1.165) is 0 Å². The van der Waals surface area contributed by atoms with Gasteiger partial charge < -0.3 is 0 Å². The van der Waals surface area contributed by atoms with E-state index in [4.69, 9.17) is 0 Å². The lowest BCUT2D eigenvalue weighted by Gasteiger charge is -2.07. The van der Waals surface area contributed by atoms with E-state index in [1.165, 1.54) is 19.9 Å². The Hall–Kier alpha value is -0.860. The fraction of sp³-hybridized carbons (Fsp3) is 0.600. The number of nitro groups is 1. The zero-order chi connectivity index (χ0) is 6.78. The molecule has 0 aromatic carbocycles. The summed E-state index contributed by atoms with van der Waals surface area (Å²) in [5.74, 6) is 0. The highest BCUT2D eigenvalue weighted by Gasteiger charge is 2.24. The van der Waals surface area contributed by atoms with Gasteiger partial charge in [0.25, 0.3) is 0 Å². The fourth-order valence-electron chi connectivity index (χ4n) is 0.0745. The van der Waals surface area contributed by atoms with Crippen LogP contribution < -0.4 is 0 Å². The molecule has 0 N–H and O–H groups in total. The zero-order valence-corrected chi connectivity index (χ0v) is 5.05. The van der Waals surface area contributed by atoms with E-state index in [9.17, 15) is 10.1 Å². The van der Waals surface area contributed by atoms with Crippen molar-refractivity contribution in [2.24, 2.45) is 0 Å². The Morgan fingerprint density at radius 1 is 1.75 bits per heavy atom. The van der Waals surface area contributed by atoms with Crippen LogP contribution in [0, 0.1) is 10.1 Å². The van der Waals surface area contributed by atoms with Gasteiger partial charge in [-0.15, -0.1) is 0 Å². The normalized spacial score (nSPS) is 10.8. The van der Waals surface area contributed by atoms with E-state index in [-0.39, 0.29) is 4.92 Å². The second kappa shape index (κ2) is 1.94. The number of hydrogen-bond donors (Lipinski definition) is 0. The molecule has 0 bridgehead atoms. The first-order valence-corrected chi connectivity index (χ1v) is 2.29. The molecule has 0 aliphatic rings. The van der Waals surface area contributed by atoms with Crippen LogP contribution in [-0.4, -0.2) is 10.5 Å². The van der Waals surface area contributed by atoms with Crippen molar-refractivity contribution in [2.45, 2.75) is 19.4 Å². The molecule has 0 atom stereocenters. The fourth-order valence-corrected chi connectivity index (χ4v) is 0.0745. The minimum absolute atomic E-state index is 0.375. The molecular formula is C5H9NO2. The Balaban J connectivity index is 4.12. The third-order valence-electron chi connectivity index (χ3n) is 0.970. The van der Waals surface area contributed by atoms with Crippen LogP contribution in [0.4, 0.5) is 0 Å². The predicted molar refractivity (Wildman–Crippen MR) is 31.3 cm³/mol. The van der Waals surface area contributed by atoms with E-state index >= 15 is 0 Å². The molecule has 0 aliphatic carbocycles. The van der Waals surface area contributed by atoms with Gasteiger partial charge in [-0.2, -0.15) is 0 Å². The first-order chi connectivity index (χ1) is 3.50. The molecule has 3 heteroatoms. The number of rotatable bonds is 2. The Morgan fingerprint density at radius 3 is 2.12 bits per heavy atom. The summed E-state index contributed by atoms with van der Waals surface area (Å²) in [5.41, 5.74) is -0.972. The van der Waals surface area contributed by atoms with Crippen LogP contribution in [-0.2, 0) is 0 Å². The topological polar surface area (TPSA) is 43.1 Å². The van der Waals surface area contributed by atoms with E-state index < -0.39 is 5.54 Å². The van der Waals surface area contributed by atoms with Crippen molar-refractivity contribution in [3.63, 3.8) is 0 Å². The van der Waals surface area contributed by atoms with Gasteiger partial charge in [0, 0.05) is 18.8 Å². The molecular weight excluding hydrogens is 106 g/mol. The maximum absolute atomic E-state index is 9.99. The van der Waals surface area contributed by atoms with Crippen LogP contribution in [0.2, 0.25) is 0 Å². The maximum Gasteiger partial charge on any atom is 0.234 e. The van der Waals surface area contributed by atoms with E-state index in [1.54, 1.807) is 0 Å². The highest BCUT2D eigenvalue weighted by Crippen LogP contribution is 2.06. The Bertz CT molecular complexity index is 118. The Morgan fingerprint density at radius 2 is 2.12 bits per heavy atom. The van der Waals surface area contributed by atoms with Crippen LogP contribution in [0.25, 0.3) is 0 Å². The molecule has 46 valence electrons. The predicted octanol–water partition coefficient (Wildman–Crippen LogP) is 1.23. The lowest BCUT2D eigenvalue weighted by molar-refractivity contribution is -0.545. The summed E-state index contributed by atoms with van der Waals surface area (Å²) in [7, 11) is 0. The first kappa shape index (κ1) is 7.14. The minimum Gasteiger partial charge on any atom is -0.264 e. The van der Waals surface area contributed by atoms with Crippen molar-refractivity contribution in [1.82, 2.24) is 0 Å². The van der Waals surface area contributed by atoms with Crippen molar-refractivity contribution in [1.29, 1.82) is 0 Å². The molecule has 0 saturated heterocycles. The summed E-state index contributed by atoms with van der Waals surface area (Å²) in [4.78, 5) is 9.61. The standard InChI is InChI=1S/C5H9NO2/c1-4-5(2,3)6(7)8/h4H,1H2,2-3H3. The molecule has 0 aromatic rings. The van der Waals surface area contributed by atoms with Crippen LogP contribution in [0.1, 0.15) is 13.8 Å². The van der Waals surface area contributed by atoms with Crippen LogP contribution >= 0.6 is 0 Å². The molecule has 0 rings (SSSR count). The van der Waals surface area contributed by atoms with Crippen LogP contribution in [0.3, 0.4) is 0 Å². The summed E-state index contributed by atoms with van der Waals surface area (Å²) in [5, 5.41) is 9.99. The molecule has 0 unspecified atom stereocenters. The summed E-state index contributed by atoms with van der Waals surface area (Å²) in [6.07, 6.45) is 1.31. The van der Waals surface area contributed by atoms with E-state index in [2.05, 4.69) is 6.58 Å². The van der Waals surface area contributed by atoms with Gasteiger partial charge in [-0.25, -0.2) is 0 Å². The van der Waals surface area contributed by atoms with Gasteiger partial charge in [-0.3, -0.25) is 10.1 Å². The largest absolute Gasteiger partial charge is 0.264 e. The van der Waals surface area contributed by atoms with Gasteiger partial charge in [-0.1, -0.05) is 6.58 Å². The minimum atomic E-state index is -0.972. The molecule has 0 aromatic heterocycles. The van der Waals surface area contributed by atoms with Crippen molar-refractivity contribution in [2.75, 3.05) is 0 Å². The summed E-state index contributed by atoms with van der Waals surface area (Å²) >= 11 is 0. The molecule has 0 radical (unpaired) electrons. The van der Waals surface area contributed by atoms with E-state index in [0.29, 0.717) is 0 Å². The third-order valence-corrected chi connectivity index (χ3v) is 0.970. The molecule has 8 heavy (non-hydrogen) atoms. The molecule has 3 nitrogen and oxygen atoms in total. The molecule has 0 fully saturated rings. The second-order valence-corrected chi connectivity index (χ2v) is 2.11. The zero-order valence-electron chi connectivity index (χ0n) is 5.05. The van der Waals surface area contributed by atoms with Crippen LogP contribution in [0.15, 0.2) is 12.7 Å². The number of nitrogens with zero attached hydrogens (tertiary/aromatic N) is 1. The summed E-state index contributed by atoms with van der Waals surface area (Å²) in [6.45, 7) is 6.31. The first-order valence-electron chi connectivity index (χ1n) is 2.29. The molecule has 0 aliphatic heterocycles. The van der Waals surface area contributed by atoms with Gasteiger partial charge in [0.15, 0.2) is 0 Å². The summed E-state index contributed by atoms with van der Waals surface area (Å²) < 4.78 is 0. The van der Waals surface area contributed by atoms with Gasteiger partial charge in [0.1, 0.15) is 0 Å². The lowest BCUT2D eigenvalue weighted by atomic mass is 10.1. The van der Waals surface area contributed by atoms with Gasteiger partial charge >= 0.3 is 0 Å². The van der Waals surface area contributed by atoms with Crippen molar-refractivity contribution in [3.05, 3.63) is 22.8 Å². The molecule has 0 saturated carbocycles. The average molecular weight is 115 g/mol. The van der Waals surface area contributed by atoms with E-state index in [1.807, 2.05) is 0 Å². The molecule has 0 amide bonds. The highest BCUT2D eigenvalue weighted by atomic mass is 16.6. The lowest BCUT2D eigenvalue weighted by Crippen LogP contribution is -2.27. The smallest absolute Gasteiger partial charge is 0.234 e. The van der Waals surface area contributed by atoms with Gasteiger partial charge in [0.05, 0.1) is 0 Å². The molecule has 0 spiro atoms. The highest BCUT2D eigenvalue weighted by molar-refractivity contribution is 4.87. The SMILES string of the molecule is C=CC(C)(C)[N+](=O)[O-]. The van der Waals surface area contributed by atoms with Gasteiger partial charge in [-0.05, 0) is 6.08 Å². The maximum atomic E-state index is 9.99. The van der Waals surface area contributed by atoms with Crippen LogP contribution in [0.5, 0.6) is 0 Å². The summed E-state index contributed by atoms with van der Waals surface area (Å²) in [6, 6.07) is 0. The molecule has 0 heterocycles. The van der Waals surface area contributed by atoms with Crippen molar-refractivity contribution >= 4 is 0 Å². The average Bonchev–Trinajstić information content (AvgIpc) is 1.67. The Kier molecular flexibility index (Phi) is 1.73. The van der Waals surface area contributed by atoms with Gasteiger partial charge in [0.2, 0.25) is 5.54 Å². The number of hydrogen-bond acceptors (Lipinski definition) is 2. The third kappa shape index (κ3) is 1.33. The Labute approximate surface area is 48.2 Å². The monoisotopic (exact) mass is 115 g/mol. The quantitative estimate of drug-likeness (QED) is 0.308. The van der Waals surface area contributed by atoms with Crippen molar-refractivity contribution < 1.29 is 4.92 Å². The van der Waals surface area contributed by atoms with Crippen molar-refractivity contribution in [3.8, 4) is 0 Å².